The number of nitriles is 1. The SMILES string of the molecule is N#CCC1=C(C(=O)S)N2C(=O)[C@@H](NC(=O)/C(=N\O)c3csc(N)n3)[C@H]2SC1. The number of thiol groups is 1. The number of carbonyl (C=O) groups is 3. The predicted octanol–water partition coefficient (Wildman–Crippen LogP) is -0.0723. The molecule has 13 heteroatoms. The second-order valence-corrected chi connectivity index (χ2v) is 7.87. The van der Waals surface area contributed by atoms with E-state index in [9.17, 15) is 14.4 Å². The molecule has 0 unspecified atom stereocenters. The van der Waals surface area contributed by atoms with Gasteiger partial charge < -0.3 is 16.3 Å². The monoisotopic (exact) mass is 424 g/mol. The molecule has 27 heavy (non-hydrogen) atoms. The summed E-state index contributed by atoms with van der Waals surface area (Å²) in [6.45, 7) is 0. The van der Waals surface area contributed by atoms with Gasteiger partial charge in [-0.3, -0.25) is 19.3 Å². The molecule has 0 aromatic carbocycles. The summed E-state index contributed by atoms with van der Waals surface area (Å²) in [5.41, 5.74) is 5.82. The first-order valence-electron chi connectivity index (χ1n) is 7.40. The molecule has 2 aliphatic rings. The van der Waals surface area contributed by atoms with Gasteiger partial charge in [0.1, 0.15) is 22.8 Å². The Morgan fingerprint density at radius 1 is 1.59 bits per heavy atom. The van der Waals surface area contributed by atoms with Crippen LogP contribution in [0.4, 0.5) is 5.13 Å². The number of nitrogens with zero attached hydrogens (tertiary/aromatic N) is 4. The Balaban J connectivity index is 1.78. The maximum atomic E-state index is 12.5. The van der Waals surface area contributed by atoms with Crippen molar-refractivity contribution in [3.05, 3.63) is 22.3 Å². The van der Waals surface area contributed by atoms with Crippen LogP contribution >= 0.6 is 35.7 Å². The van der Waals surface area contributed by atoms with Crippen LogP contribution in [-0.2, 0) is 14.4 Å². The van der Waals surface area contributed by atoms with Crippen molar-refractivity contribution < 1.29 is 19.6 Å². The van der Waals surface area contributed by atoms with Crippen LogP contribution in [0.15, 0.2) is 21.8 Å². The van der Waals surface area contributed by atoms with Crippen LogP contribution < -0.4 is 11.1 Å². The van der Waals surface area contributed by atoms with Crippen LogP contribution in [-0.4, -0.2) is 54.9 Å². The van der Waals surface area contributed by atoms with Gasteiger partial charge in [-0.2, -0.15) is 5.26 Å². The zero-order valence-corrected chi connectivity index (χ0v) is 16.0. The van der Waals surface area contributed by atoms with E-state index in [0.29, 0.717) is 11.3 Å². The number of hydrogen-bond donors (Lipinski definition) is 4. The molecule has 3 rings (SSSR count). The van der Waals surface area contributed by atoms with E-state index < -0.39 is 28.3 Å². The fourth-order valence-corrected chi connectivity index (χ4v) is 4.89. The number of rotatable bonds is 5. The highest BCUT2D eigenvalue weighted by Gasteiger charge is 2.53. The maximum absolute atomic E-state index is 12.5. The Morgan fingerprint density at radius 2 is 2.33 bits per heavy atom. The summed E-state index contributed by atoms with van der Waals surface area (Å²) < 4.78 is 0. The average Bonchev–Trinajstić information content (AvgIpc) is 3.05. The lowest BCUT2D eigenvalue weighted by molar-refractivity contribution is -0.146. The molecule has 0 bridgehead atoms. The van der Waals surface area contributed by atoms with Crippen LogP contribution in [0, 0.1) is 11.3 Å². The summed E-state index contributed by atoms with van der Waals surface area (Å²) in [4.78, 5) is 41.8. The molecule has 0 aliphatic carbocycles. The van der Waals surface area contributed by atoms with Crippen molar-refractivity contribution in [3.8, 4) is 6.07 Å². The lowest BCUT2D eigenvalue weighted by atomic mass is 10.0. The van der Waals surface area contributed by atoms with Gasteiger partial charge in [-0.25, -0.2) is 4.98 Å². The number of nitrogens with two attached hydrogens (primary N) is 1. The maximum Gasteiger partial charge on any atom is 0.276 e. The van der Waals surface area contributed by atoms with E-state index in [1.807, 2.05) is 6.07 Å². The highest BCUT2D eigenvalue weighted by atomic mass is 32.2. The molecule has 1 aromatic heterocycles. The lowest BCUT2D eigenvalue weighted by Crippen LogP contribution is -2.70. The summed E-state index contributed by atoms with van der Waals surface area (Å²) in [7, 11) is 0. The number of anilines is 1. The Hall–Kier alpha value is -2.56. The first kappa shape index (κ1) is 19.2. The van der Waals surface area contributed by atoms with Gasteiger partial charge in [-0.05, 0) is 5.57 Å². The number of oxime groups is 1. The molecule has 140 valence electrons. The number of carbonyl (C=O) groups excluding carboxylic acids is 3. The van der Waals surface area contributed by atoms with Crippen molar-refractivity contribution in [3.63, 3.8) is 0 Å². The molecule has 1 fully saturated rings. The summed E-state index contributed by atoms with van der Waals surface area (Å²) in [6.07, 6.45) is 0.00866. The van der Waals surface area contributed by atoms with Crippen molar-refractivity contribution >= 4 is 63.5 Å². The summed E-state index contributed by atoms with van der Waals surface area (Å²) >= 11 is 6.18. The summed E-state index contributed by atoms with van der Waals surface area (Å²) in [5, 5.41) is 24.0. The number of thiazole rings is 1. The van der Waals surface area contributed by atoms with Gasteiger partial charge in [0.15, 0.2) is 10.8 Å². The predicted molar refractivity (Wildman–Crippen MR) is 101 cm³/mol. The highest BCUT2D eigenvalue weighted by molar-refractivity contribution is 8.00. The van der Waals surface area contributed by atoms with Gasteiger partial charge in [-0.15, -0.1) is 23.1 Å². The second-order valence-electron chi connectivity index (χ2n) is 5.47. The van der Waals surface area contributed by atoms with Crippen LogP contribution in [0.1, 0.15) is 12.1 Å². The van der Waals surface area contributed by atoms with E-state index in [1.54, 1.807) is 0 Å². The van der Waals surface area contributed by atoms with Gasteiger partial charge in [0, 0.05) is 11.1 Å². The number of thioether (sulfide) groups is 1. The number of β-lactam (4-membered cyclic amide) rings is 1. The van der Waals surface area contributed by atoms with E-state index in [1.165, 1.54) is 22.0 Å². The van der Waals surface area contributed by atoms with E-state index in [0.717, 1.165) is 11.3 Å². The Labute approximate surface area is 166 Å². The molecular formula is C14H12N6O4S3. The molecule has 0 radical (unpaired) electrons. The largest absolute Gasteiger partial charge is 0.410 e. The number of hydrogen-bond acceptors (Lipinski definition) is 10. The fraction of sp³-hybridized carbons (Fsp3) is 0.286. The van der Waals surface area contributed by atoms with Gasteiger partial charge in [-0.1, -0.05) is 17.8 Å². The van der Waals surface area contributed by atoms with E-state index >= 15 is 0 Å². The van der Waals surface area contributed by atoms with Gasteiger partial charge >= 0.3 is 0 Å². The third-order valence-electron chi connectivity index (χ3n) is 3.91. The minimum Gasteiger partial charge on any atom is -0.410 e. The minimum atomic E-state index is -0.915. The van der Waals surface area contributed by atoms with Crippen LogP contribution in [0.5, 0.6) is 0 Å². The molecule has 4 N–H and O–H groups in total. The number of aromatic nitrogens is 1. The normalized spacial score (nSPS) is 22.0. The molecule has 2 amide bonds. The van der Waals surface area contributed by atoms with Crippen molar-refractivity contribution in [2.24, 2.45) is 5.16 Å². The highest BCUT2D eigenvalue weighted by Crippen LogP contribution is 2.41. The quantitative estimate of drug-likeness (QED) is 0.168. The first-order valence-corrected chi connectivity index (χ1v) is 9.77. The van der Waals surface area contributed by atoms with E-state index in [4.69, 9.17) is 16.2 Å². The van der Waals surface area contributed by atoms with Gasteiger partial charge in [0.05, 0.1) is 12.5 Å². The number of nitrogen functional groups attached to an aromatic ring is 1. The van der Waals surface area contributed by atoms with E-state index in [2.05, 4.69) is 28.1 Å². The molecule has 3 heterocycles. The topological polar surface area (TPSA) is 162 Å². The average molecular weight is 424 g/mol. The fourth-order valence-electron chi connectivity index (χ4n) is 2.73. The zero-order valence-electron chi connectivity index (χ0n) is 13.4. The van der Waals surface area contributed by atoms with Gasteiger partial charge in [0.2, 0.25) is 5.12 Å². The Kier molecular flexibility index (Phi) is 5.40. The Bertz CT molecular complexity index is 934. The smallest absolute Gasteiger partial charge is 0.276 e. The molecule has 2 atom stereocenters. The zero-order chi connectivity index (χ0) is 19.7. The first-order chi connectivity index (χ1) is 12.9. The second kappa shape index (κ2) is 7.59. The minimum absolute atomic E-state index is 0.00866. The van der Waals surface area contributed by atoms with Crippen molar-refractivity contribution in [1.29, 1.82) is 5.26 Å². The molecule has 0 spiro atoms. The molecule has 10 nitrogen and oxygen atoms in total. The third kappa shape index (κ3) is 3.38. The van der Waals surface area contributed by atoms with Crippen LogP contribution in [0.2, 0.25) is 0 Å². The molecule has 0 saturated carbocycles. The number of nitrogens with one attached hydrogen (secondary N) is 1. The van der Waals surface area contributed by atoms with Gasteiger partial charge in [0.25, 0.3) is 11.8 Å². The number of amides is 2. The molecule has 1 saturated heterocycles. The van der Waals surface area contributed by atoms with Crippen molar-refractivity contribution in [2.75, 3.05) is 11.5 Å². The third-order valence-corrected chi connectivity index (χ3v) is 6.13. The Morgan fingerprint density at radius 3 is 2.89 bits per heavy atom. The summed E-state index contributed by atoms with van der Waals surface area (Å²) in [5.74, 6) is -0.949. The summed E-state index contributed by atoms with van der Waals surface area (Å²) in [6, 6.07) is 1.04. The van der Waals surface area contributed by atoms with Crippen molar-refractivity contribution in [2.45, 2.75) is 17.8 Å². The standard InChI is InChI=1S/C14H12N6O4S3/c15-2-1-5-3-26-12-8(11(22)20(12)9(5)13(23)25)18-10(21)7(19-24)6-4-27-14(16)17-6/h4,8,12,24H,1,3H2,(H2,16,17)(H,18,21)(H,23,25)/b19-7-/t8-,12-/m1/s1. The molecular weight excluding hydrogens is 412 g/mol. The molecule has 1 aromatic rings. The molecule has 2 aliphatic heterocycles. The lowest BCUT2D eigenvalue weighted by Gasteiger charge is -2.49. The van der Waals surface area contributed by atoms with E-state index in [-0.39, 0.29) is 28.7 Å². The van der Waals surface area contributed by atoms with Crippen LogP contribution in [0.25, 0.3) is 0 Å². The van der Waals surface area contributed by atoms with Crippen molar-refractivity contribution in [1.82, 2.24) is 15.2 Å². The van der Waals surface area contributed by atoms with Crippen LogP contribution in [0.3, 0.4) is 0 Å². The number of fused-ring (bicyclic) bond motifs is 1.